The van der Waals surface area contributed by atoms with E-state index in [1.54, 1.807) is 6.92 Å². The summed E-state index contributed by atoms with van der Waals surface area (Å²) in [6.45, 7) is 6.57. The molecule has 1 rings (SSSR count). The van der Waals surface area contributed by atoms with Crippen molar-refractivity contribution in [2.24, 2.45) is 5.92 Å². The lowest BCUT2D eigenvalue weighted by Gasteiger charge is -2.28. The van der Waals surface area contributed by atoms with E-state index in [1.807, 2.05) is 39.9 Å². The number of carbonyl (C=O) groups excluding carboxylic acids is 1. The molecule has 0 saturated carbocycles. The third-order valence-corrected chi connectivity index (χ3v) is 4.10. The van der Waals surface area contributed by atoms with Crippen LogP contribution in [0.3, 0.4) is 0 Å². The molecule has 0 aliphatic heterocycles. The molecule has 1 atom stereocenters. The average Bonchev–Trinajstić information content (AvgIpc) is 2.46. The lowest BCUT2D eigenvalue weighted by molar-refractivity contribution is -0.123. The first kappa shape index (κ1) is 19.0. The van der Waals surface area contributed by atoms with Gasteiger partial charge in [0, 0.05) is 26.3 Å². The Morgan fingerprint density at radius 2 is 1.83 bits per heavy atom. The molecule has 0 fully saturated rings. The Labute approximate surface area is 139 Å². The van der Waals surface area contributed by atoms with E-state index in [-0.39, 0.29) is 18.4 Å². The van der Waals surface area contributed by atoms with Gasteiger partial charge >= 0.3 is 0 Å². The van der Waals surface area contributed by atoms with Crippen LogP contribution in [-0.4, -0.2) is 44.0 Å². The number of nitriles is 1. The van der Waals surface area contributed by atoms with Crippen LogP contribution in [-0.2, 0) is 11.3 Å². The topological polar surface area (TPSA) is 59.4 Å². The van der Waals surface area contributed by atoms with E-state index in [1.165, 1.54) is 0 Å². The van der Waals surface area contributed by atoms with Crippen LogP contribution < -0.4 is 10.2 Å². The minimum Gasteiger partial charge on any atom is -0.378 e. The minimum atomic E-state index is -0.828. The van der Waals surface area contributed by atoms with Crippen molar-refractivity contribution < 1.29 is 4.79 Å². The Hall–Kier alpha value is -2.06. The quantitative estimate of drug-likeness (QED) is 0.838. The monoisotopic (exact) mass is 316 g/mol. The molecule has 0 spiro atoms. The maximum Gasteiger partial charge on any atom is 0.235 e. The number of likely N-dealkylation sites (N-methyl/N-ethyl adjacent to an activating group) is 1. The van der Waals surface area contributed by atoms with Crippen LogP contribution in [0.2, 0.25) is 0 Å². The summed E-state index contributed by atoms with van der Waals surface area (Å²) in [5.41, 5.74) is 1.47. The highest BCUT2D eigenvalue weighted by molar-refractivity contribution is 5.79. The summed E-state index contributed by atoms with van der Waals surface area (Å²) in [5, 5.41) is 12.1. The molecule has 0 unspecified atom stereocenters. The number of amides is 1. The summed E-state index contributed by atoms with van der Waals surface area (Å²) in [5.74, 6) is -0.0736. The fourth-order valence-electron chi connectivity index (χ4n) is 2.14. The van der Waals surface area contributed by atoms with Crippen molar-refractivity contribution in [3.05, 3.63) is 29.8 Å². The van der Waals surface area contributed by atoms with E-state index < -0.39 is 5.54 Å². The van der Waals surface area contributed by atoms with Gasteiger partial charge in [0.25, 0.3) is 0 Å². The normalized spacial score (nSPS) is 13.5. The predicted octanol–water partition coefficient (Wildman–Crippen LogP) is 2.24. The zero-order chi connectivity index (χ0) is 17.6. The van der Waals surface area contributed by atoms with Crippen LogP contribution in [0.5, 0.6) is 0 Å². The highest BCUT2D eigenvalue weighted by atomic mass is 16.2. The maximum atomic E-state index is 12.2. The second-order valence-electron chi connectivity index (χ2n) is 6.75. The van der Waals surface area contributed by atoms with Gasteiger partial charge in [0.1, 0.15) is 5.54 Å². The number of benzene rings is 1. The molecular formula is C18H28N4O. The molecule has 1 aromatic carbocycles. The van der Waals surface area contributed by atoms with E-state index in [4.69, 9.17) is 0 Å². The number of nitrogens with zero attached hydrogens (tertiary/aromatic N) is 3. The molecule has 0 radical (unpaired) electrons. The zero-order valence-electron chi connectivity index (χ0n) is 15.1. The Morgan fingerprint density at radius 3 is 2.26 bits per heavy atom. The predicted molar refractivity (Wildman–Crippen MR) is 94.1 cm³/mol. The first-order valence-electron chi connectivity index (χ1n) is 7.85. The SMILES string of the molecule is CC(C)[C@@](C)(C#N)NC(=O)CN(C)Cc1ccc(N(C)C)cc1. The molecule has 1 N–H and O–H groups in total. The van der Waals surface area contributed by atoms with Crippen molar-refractivity contribution in [3.8, 4) is 6.07 Å². The molecule has 5 heteroatoms. The molecule has 23 heavy (non-hydrogen) atoms. The second kappa shape index (κ2) is 7.98. The van der Waals surface area contributed by atoms with Gasteiger partial charge < -0.3 is 10.2 Å². The lowest BCUT2D eigenvalue weighted by atomic mass is 9.90. The minimum absolute atomic E-state index is 0.0559. The Kier molecular flexibility index (Phi) is 6.59. The molecular weight excluding hydrogens is 288 g/mol. The summed E-state index contributed by atoms with van der Waals surface area (Å²) < 4.78 is 0. The van der Waals surface area contributed by atoms with Gasteiger partial charge in [-0.15, -0.1) is 0 Å². The maximum absolute atomic E-state index is 12.2. The van der Waals surface area contributed by atoms with Crippen LogP contribution in [0.4, 0.5) is 5.69 Å². The van der Waals surface area contributed by atoms with Crippen molar-refractivity contribution in [1.29, 1.82) is 5.26 Å². The van der Waals surface area contributed by atoms with Crippen LogP contribution in [0.25, 0.3) is 0 Å². The fraction of sp³-hybridized carbons (Fsp3) is 0.556. The molecule has 0 aromatic heterocycles. The van der Waals surface area contributed by atoms with Crippen molar-refractivity contribution in [1.82, 2.24) is 10.2 Å². The highest BCUT2D eigenvalue weighted by Gasteiger charge is 2.30. The Bertz CT molecular complexity index is 559. The highest BCUT2D eigenvalue weighted by Crippen LogP contribution is 2.15. The number of nitrogens with one attached hydrogen (secondary N) is 1. The molecule has 0 aliphatic rings. The number of rotatable bonds is 7. The number of hydrogen-bond acceptors (Lipinski definition) is 4. The smallest absolute Gasteiger partial charge is 0.235 e. The molecule has 5 nitrogen and oxygen atoms in total. The first-order chi connectivity index (χ1) is 10.7. The molecule has 1 amide bonds. The summed E-state index contributed by atoms with van der Waals surface area (Å²) in [6, 6.07) is 10.5. The first-order valence-corrected chi connectivity index (χ1v) is 7.85. The fourth-order valence-corrected chi connectivity index (χ4v) is 2.14. The van der Waals surface area contributed by atoms with Crippen molar-refractivity contribution in [2.75, 3.05) is 32.6 Å². The van der Waals surface area contributed by atoms with Crippen molar-refractivity contribution in [3.63, 3.8) is 0 Å². The summed E-state index contributed by atoms with van der Waals surface area (Å²) >= 11 is 0. The molecule has 126 valence electrons. The van der Waals surface area contributed by atoms with Crippen molar-refractivity contribution in [2.45, 2.75) is 32.9 Å². The van der Waals surface area contributed by atoms with E-state index in [0.29, 0.717) is 6.54 Å². The van der Waals surface area contributed by atoms with Gasteiger partial charge in [-0.2, -0.15) is 5.26 Å². The molecule has 0 aliphatic carbocycles. The zero-order valence-corrected chi connectivity index (χ0v) is 15.1. The van der Waals surface area contributed by atoms with Crippen LogP contribution in [0.1, 0.15) is 26.3 Å². The van der Waals surface area contributed by atoms with E-state index >= 15 is 0 Å². The lowest BCUT2D eigenvalue weighted by Crippen LogP contribution is -2.51. The van der Waals surface area contributed by atoms with Crippen LogP contribution >= 0.6 is 0 Å². The third-order valence-electron chi connectivity index (χ3n) is 4.10. The average molecular weight is 316 g/mol. The summed E-state index contributed by atoms with van der Waals surface area (Å²) in [6.07, 6.45) is 0. The summed E-state index contributed by atoms with van der Waals surface area (Å²) in [7, 11) is 5.91. The van der Waals surface area contributed by atoms with Gasteiger partial charge in [-0.25, -0.2) is 0 Å². The Balaban J connectivity index is 2.58. The van der Waals surface area contributed by atoms with Crippen LogP contribution in [0.15, 0.2) is 24.3 Å². The number of hydrogen-bond donors (Lipinski definition) is 1. The molecule has 0 bridgehead atoms. The van der Waals surface area contributed by atoms with Gasteiger partial charge in [0.15, 0.2) is 0 Å². The van der Waals surface area contributed by atoms with Gasteiger partial charge in [0.05, 0.1) is 12.6 Å². The Morgan fingerprint density at radius 1 is 1.26 bits per heavy atom. The molecule has 0 saturated heterocycles. The largest absolute Gasteiger partial charge is 0.378 e. The van der Waals surface area contributed by atoms with Gasteiger partial charge in [0.2, 0.25) is 5.91 Å². The second-order valence-corrected chi connectivity index (χ2v) is 6.75. The van der Waals surface area contributed by atoms with E-state index in [9.17, 15) is 10.1 Å². The third kappa shape index (κ3) is 5.57. The van der Waals surface area contributed by atoms with E-state index in [2.05, 4.69) is 40.6 Å². The number of anilines is 1. The molecule has 0 heterocycles. The van der Waals surface area contributed by atoms with Crippen molar-refractivity contribution >= 4 is 11.6 Å². The summed E-state index contributed by atoms with van der Waals surface area (Å²) in [4.78, 5) is 16.1. The standard InChI is InChI=1S/C18H28N4O/c1-14(2)18(3,13-19)20-17(23)12-22(6)11-15-7-9-16(10-8-15)21(4)5/h7-10,14H,11-12H2,1-6H3,(H,20,23)/t18-/m1/s1. The molecule has 1 aromatic rings. The number of carbonyl (C=O) groups is 1. The van der Waals surface area contributed by atoms with E-state index in [0.717, 1.165) is 11.3 Å². The van der Waals surface area contributed by atoms with Gasteiger partial charge in [-0.1, -0.05) is 26.0 Å². The van der Waals surface area contributed by atoms with Crippen LogP contribution in [0, 0.1) is 17.2 Å². The van der Waals surface area contributed by atoms with Gasteiger partial charge in [-0.05, 0) is 37.6 Å². The van der Waals surface area contributed by atoms with Gasteiger partial charge in [-0.3, -0.25) is 9.69 Å².